The molecule has 0 saturated carbocycles. The van der Waals surface area contributed by atoms with Crippen molar-refractivity contribution >= 4 is 28.1 Å². The smallest absolute Gasteiger partial charge is 0.224 e. The molecule has 3 aromatic rings. The van der Waals surface area contributed by atoms with Crippen LogP contribution in [0, 0.1) is 0 Å². The van der Waals surface area contributed by atoms with Crippen LogP contribution in [0.4, 0.5) is 0 Å². The van der Waals surface area contributed by atoms with Crippen molar-refractivity contribution in [2.24, 2.45) is 0 Å². The van der Waals surface area contributed by atoms with Crippen molar-refractivity contribution in [1.82, 2.24) is 24.6 Å². The Morgan fingerprint density at radius 3 is 2.77 bits per heavy atom. The Morgan fingerprint density at radius 1 is 1.13 bits per heavy atom. The molecule has 7 heteroatoms. The van der Waals surface area contributed by atoms with E-state index in [2.05, 4.69) is 48.3 Å². The normalized spacial score (nSPS) is 16.2. The van der Waals surface area contributed by atoms with Crippen LogP contribution < -0.4 is 0 Å². The summed E-state index contributed by atoms with van der Waals surface area (Å²) in [4.78, 5) is 22.1. The first-order valence-electron chi connectivity index (χ1n) is 10.8. The molecule has 4 rings (SSSR count). The number of benzene rings is 1. The zero-order chi connectivity index (χ0) is 21.1. The van der Waals surface area contributed by atoms with E-state index in [1.165, 1.54) is 5.01 Å². The number of carbonyl (C=O) groups excluding carboxylic acids is 1. The molecule has 0 aliphatic carbocycles. The number of fused-ring (bicyclic) bond motifs is 1. The van der Waals surface area contributed by atoms with E-state index in [0.29, 0.717) is 13.0 Å². The Labute approximate surface area is 182 Å². The first-order chi connectivity index (χ1) is 14.4. The fourth-order valence-electron chi connectivity index (χ4n) is 3.90. The quantitative estimate of drug-likeness (QED) is 0.622. The van der Waals surface area contributed by atoms with Crippen LogP contribution in [0.15, 0.2) is 35.8 Å². The summed E-state index contributed by atoms with van der Waals surface area (Å²) < 4.78 is 1.94. The van der Waals surface area contributed by atoms with Gasteiger partial charge in [0.15, 0.2) is 0 Å². The Kier molecular flexibility index (Phi) is 6.20. The zero-order valence-electron chi connectivity index (χ0n) is 18.2. The Balaban J connectivity index is 1.29. The molecule has 0 N–H and O–H groups in total. The summed E-state index contributed by atoms with van der Waals surface area (Å²) in [7, 11) is 0. The predicted octanol–water partition coefficient (Wildman–Crippen LogP) is 3.91. The van der Waals surface area contributed by atoms with Gasteiger partial charge in [-0.2, -0.15) is 5.10 Å². The van der Waals surface area contributed by atoms with Crippen molar-refractivity contribution in [3.8, 4) is 0 Å². The molecule has 1 aliphatic heterocycles. The number of carbonyl (C=O) groups is 1. The first kappa shape index (κ1) is 21.0. The lowest BCUT2D eigenvalue weighted by Gasteiger charge is -2.22. The number of thiazole rings is 1. The van der Waals surface area contributed by atoms with Crippen LogP contribution in [0.5, 0.6) is 0 Å². The van der Waals surface area contributed by atoms with Gasteiger partial charge in [-0.3, -0.25) is 14.4 Å². The summed E-state index contributed by atoms with van der Waals surface area (Å²) in [6, 6.07) is 8.13. The van der Waals surface area contributed by atoms with Gasteiger partial charge in [0.2, 0.25) is 5.91 Å². The van der Waals surface area contributed by atoms with Crippen molar-refractivity contribution in [2.45, 2.75) is 52.1 Å². The molecule has 1 saturated heterocycles. The maximum atomic E-state index is 12.8. The third kappa shape index (κ3) is 4.90. The molecular weight excluding hydrogens is 394 g/mol. The second-order valence-corrected chi connectivity index (χ2v) is 9.94. The van der Waals surface area contributed by atoms with Gasteiger partial charge in [-0.1, -0.05) is 39.0 Å². The Morgan fingerprint density at radius 2 is 1.97 bits per heavy atom. The molecular formula is C23H31N5OS. The molecule has 0 atom stereocenters. The predicted molar refractivity (Wildman–Crippen MR) is 122 cm³/mol. The van der Waals surface area contributed by atoms with Crippen LogP contribution in [0.3, 0.4) is 0 Å². The van der Waals surface area contributed by atoms with Crippen LogP contribution in [-0.4, -0.2) is 56.7 Å². The van der Waals surface area contributed by atoms with E-state index in [1.54, 1.807) is 11.3 Å². The standard InChI is InChI=1S/C23H31N5OS/c1-23(2,3)22-25-19(17-30-22)16-26-10-6-11-27(14-13-26)21(29)9-12-28-20-8-5-4-7-18(20)15-24-28/h4-5,7-8,15,17H,6,9-14,16H2,1-3H3. The Hall–Kier alpha value is -2.25. The highest BCUT2D eigenvalue weighted by Crippen LogP contribution is 2.26. The van der Waals surface area contributed by atoms with Gasteiger partial charge in [-0.25, -0.2) is 4.98 Å². The number of para-hydroxylation sites is 1. The number of hydrogen-bond acceptors (Lipinski definition) is 5. The fraction of sp³-hybridized carbons (Fsp3) is 0.522. The molecule has 3 heterocycles. The number of hydrogen-bond donors (Lipinski definition) is 0. The minimum absolute atomic E-state index is 0.102. The van der Waals surface area contributed by atoms with Gasteiger partial charge in [0.05, 0.1) is 29.0 Å². The molecule has 0 bridgehead atoms. The highest BCUT2D eigenvalue weighted by atomic mass is 32.1. The van der Waals surface area contributed by atoms with Crippen molar-refractivity contribution in [3.63, 3.8) is 0 Å². The summed E-state index contributed by atoms with van der Waals surface area (Å²) in [5, 5.41) is 8.93. The third-order valence-corrected chi connectivity index (χ3v) is 6.93. The average molecular weight is 426 g/mol. The van der Waals surface area contributed by atoms with E-state index in [0.717, 1.165) is 55.7 Å². The molecule has 2 aromatic heterocycles. The zero-order valence-corrected chi connectivity index (χ0v) is 19.0. The lowest BCUT2D eigenvalue weighted by atomic mass is 9.98. The van der Waals surface area contributed by atoms with Gasteiger partial charge in [0, 0.05) is 55.3 Å². The maximum absolute atomic E-state index is 12.8. The second kappa shape index (κ2) is 8.86. The van der Waals surface area contributed by atoms with Gasteiger partial charge < -0.3 is 4.90 Å². The van der Waals surface area contributed by atoms with E-state index < -0.39 is 0 Å². The summed E-state index contributed by atoms with van der Waals surface area (Å²) in [5.74, 6) is 0.222. The number of rotatable bonds is 5. The Bertz CT molecular complexity index is 1000. The molecule has 0 unspecified atom stereocenters. The van der Waals surface area contributed by atoms with Gasteiger partial charge in [0.1, 0.15) is 0 Å². The van der Waals surface area contributed by atoms with Gasteiger partial charge in [-0.15, -0.1) is 11.3 Å². The van der Waals surface area contributed by atoms with Crippen molar-refractivity contribution < 1.29 is 4.79 Å². The lowest BCUT2D eigenvalue weighted by molar-refractivity contribution is -0.131. The van der Waals surface area contributed by atoms with Crippen LogP contribution in [0.1, 0.15) is 44.3 Å². The average Bonchev–Trinajstić information content (AvgIpc) is 3.28. The van der Waals surface area contributed by atoms with Gasteiger partial charge >= 0.3 is 0 Å². The highest BCUT2D eigenvalue weighted by molar-refractivity contribution is 7.09. The minimum atomic E-state index is 0.102. The highest BCUT2D eigenvalue weighted by Gasteiger charge is 2.22. The van der Waals surface area contributed by atoms with Crippen LogP contribution in [0.25, 0.3) is 10.9 Å². The SMILES string of the molecule is CC(C)(C)c1nc(CN2CCCN(C(=O)CCn3ncc4ccccc43)CC2)cs1. The molecule has 6 nitrogen and oxygen atoms in total. The summed E-state index contributed by atoms with van der Waals surface area (Å²) in [6.45, 7) is 11.6. The van der Waals surface area contributed by atoms with Crippen molar-refractivity contribution in [3.05, 3.63) is 46.5 Å². The molecule has 0 spiro atoms. The van der Waals surface area contributed by atoms with Crippen molar-refractivity contribution in [1.29, 1.82) is 0 Å². The largest absolute Gasteiger partial charge is 0.341 e. The van der Waals surface area contributed by atoms with E-state index in [4.69, 9.17) is 4.98 Å². The topological polar surface area (TPSA) is 54.3 Å². The second-order valence-electron chi connectivity index (χ2n) is 9.08. The maximum Gasteiger partial charge on any atom is 0.224 e. The van der Waals surface area contributed by atoms with E-state index in [9.17, 15) is 4.79 Å². The molecule has 1 aliphatic rings. The van der Waals surface area contributed by atoms with Crippen LogP contribution in [0.2, 0.25) is 0 Å². The molecule has 0 radical (unpaired) electrons. The first-order valence-corrected chi connectivity index (χ1v) is 11.6. The molecule has 1 fully saturated rings. The molecule has 160 valence electrons. The summed E-state index contributed by atoms with van der Waals surface area (Å²) in [6.07, 6.45) is 3.37. The monoisotopic (exact) mass is 425 g/mol. The van der Waals surface area contributed by atoms with Crippen LogP contribution >= 0.6 is 11.3 Å². The van der Waals surface area contributed by atoms with E-state index >= 15 is 0 Å². The van der Waals surface area contributed by atoms with E-state index in [-0.39, 0.29) is 11.3 Å². The summed E-state index contributed by atoms with van der Waals surface area (Å²) >= 11 is 1.75. The molecule has 30 heavy (non-hydrogen) atoms. The lowest BCUT2D eigenvalue weighted by Crippen LogP contribution is -2.35. The van der Waals surface area contributed by atoms with Gasteiger partial charge in [-0.05, 0) is 12.5 Å². The van der Waals surface area contributed by atoms with Crippen molar-refractivity contribution in [2.75, 3.05) is 26.2 Å². The minimum Gasteiger partial charge on any atom is -0.341 e. The number of aryl methyl sites for hydroxylation is 1. The van der Waals surface area contributed by atoms with Crippen LogP contribution in [-0.2, 0) is 23.3 Å². The number of nitrogens with zero attached hydrogens (tertiary/aromatic N) is 5. The fourth-order valence-corrected chi connectivity index (χ4v) is 4.79. The number of aromatic nitrogens is 3. The van der Waals surface area contributed by atoms with Gasteiger partial charge in [0.25, 0.3) is 0 Å². The summed E-state index contributed by atoms with van der Waals surface area (Å²) in [5.41, 5.74) is 2.34. The van der Waals surface area contributed by atoms with E-state index in [1.807, 2.05) is 27.9 Å². The molecule has 1 amide bonds. The third-order valence-electron chi connectivity index (χ3n) is 5.61. The molecule has 1 aromatic carbocycles. The number of amides is 1.